The predicted molar refractivity (Wildman–Crippen MR) is 103 cm³/mol. The molecule has 1 saturated heterocycles. The number of piperazine rings is 1. The number of rotatable bonds is 4. The molecule has 0 bridgehead atoms. The standard InChI is InChI=1S/C19H19BrClF3N2O/c1-27-17-5-3-13(20)11-14(17)18(26-8-6-25-7-9-26)12-2-4-16(21)15(10-12)19(22,23)24/h2-5,10-11,18,25H,6-9H2,1H3. The maximum absolute atomic E-state index is 13.4. The van der Waals surface area contributed by atoms with Crippen molar-refractivity contribution in [3.63, 3.8) is 0 Å². The SMILES string of the molecule is COc1ccc(Br)cc1C(c1ccc(Cl)c(C(F)(F)F)c1)N1CCNCC1. The first kappa shape index (κ1) is 20.5. The minimum absolute atomic E-state index is 0.300. The molecule has 3 rings (SSSR count). The van der Waals surface area contributed by atoms with Crippen LogP contribution >= 0.6 is 27.5 Å². The van der Waals surface area contributed by atoms with Gasteiger partial charge in [0.05, 0.1) is 23.7 Å². The van der Waals surface area contributed by atoms with E-state index in [-0.39, 0.29) is 11.1 Å². The Morgan fingerprint density at radius 1 is 1.15 bits per heavy atom. The van der Waals surface area contributed by atoms with Crippen molar-refractivity contribution in [1.29, 1.82) is 0 Å². The Morgan fingerprint density at radius 3 is 2.48 bits per heavy atom. The fourth-order valence-corrected chi connectivity index (χ4v) is 3.98. The lowest BCUT2D eigenvalue weighted by atomic mass is 9.94. The molecular weight excluding hydrogens is 445 g/mol. The van der Waals surface area contributed by atoms with Crippen molar-refractivity contribution in [3.05, 3.63) is 62.6 Å². The van der Waals surface area contributed by atoms with Gasteiger partial charge in [-0.15, -0.1) is 0 Å². The summed E-state index contributed by atoms with van der Waals surface area (Å²) in [5, 5.41) is 2.97. The van der Waals surface area contributed by atoms with Crippen LogP contribution in [0.15, 0.2) is 40.9 Å². The number of nitrogens with zero attached hydrogens (tertiary/aromatic N) is 1. The first-order chi connectivity index (χ1) is 12.8. The maximum atomic E-state index is 13.4. The zero-order valence-corrected chi connectivity index (χ0v) is 17.0. The molecule has 146 valence electrons. The third kappa shape index (κ3) is 4.59. The molecule has 0 aromatic heterocycles. The van der Waals surface area contributed by atoms with E-state index in [1.54, 1.807) is 13.2 Å². The molecule has 0 spiro atoms. The zero-order valence-electron chi connectivity index (χ0n) is 14.6. The van der Waals surface area contributed by atoms with E-state index in [9.17, 15) is 13.2 Å². The van der Waals surface area contributed by atoms with Gasteiger partial charge in [0, 0.05) is 36.2 Å². The fourth-order valence-electron chi connectivity index (χ4n) is 3.38. The van der Waals surface area contributed by atoms with Crippen LogP contribution in [0.4, 0.5) is 13.2 Å². The molecule has 27 heavy (non-hydrogen) atoms. The number of benzene rings is 2. The Morgan fingerprint density at radius 2 is 1.85 bits per heavy atom. The van der Waals surface area contributed by atoms with Gasteiger partial charge in [-0.3, -0.25) is 4.90 Å². The molecule has 2 aromatic rings. The van der Waals surface area contributed by atoms with Crippen molar-refractivity contribution < 1.29 is 17.9 Å². The van der Waals surface area contributed by atoms with Crippen LogP contribution in [0.25, 0.3) is 0 Å². The molecular formula is C19H19BrClF3N2O. The molecule has 1 atom stereocenters. The molecule has 0 saturated carbocycles. The minimum atomic E-state index is -4.51. The zero-order chi connectivity index (χ0) is 19.6. The molecule has 1 fully saturated rings. The van der Waals surface area contributed by atoms with Gasteiger partial charge in [-0.2, -0.15) is 13.2 Å². The number of ether oxygens (including phenoxy) is 1. The molecule has 0 aliphatic carbocycles. The summed E-state index contributed by atoms with van der Waals surface area (Å²) < 4.78 is 46.6. The van der Waals surface area contributed by atoms with E-state index in [0.29, 0.717) is 24.4 Å². The van der Waals surface area contributed by atoms with E-state index < -0.39 is 11.7 Å². The van der Waals surface area contributed by atoms with Crippen LogP contribution in [0.2, 0.25) is 5.02 Å². The van der Waals surface area contributed by atoms with Gasteiger partial charge in [0.1, 0.15) is 5.75 Å². The molecule has 0 radical (unpaired) electrons. The summed E-state index contributed by atoms with van der Waals surface area (Å²) in [5.74, 6) is 0.630. The summed E-state index contributed by atoms with van der Waals surface area (Å²) in [7, 11) is 1.56. The topological polar surface area (TPSA) is 24.5 Å². The lowest BCUT2D eigenvalue weighted by Gasteiger charge is -2.36. The summed E-state index contributed by atoms with van der Waals surface area (Å²) in [6.07, 6.45) is -4.51. The number of hydrogen-bond donors (Lipinski definition) is 1. The fraction of sp³-hybridized carbons (Fsp3) is 0.368. The van der Waals surface area contributed by atoms with Gasteiger partial charge in [-0.05, 0) is 35.9 Å². The lowest BCUT2D eigenvalue weighted by Crippen LogP contribution is -2.45. The van der Waals surface area contributed by atoms with Gasteiger partial charge >= 0.3 is 6.18 Å². The van der Waals surface area contributed by atoms with Crippen LogP contribution in [0.1, 0.15) is 22.7 Å². The average Bonchev–Trinajstić information content (AvgIpc) is 2.63. The lowest BCUT2D eigenvalue weighted by molar-refractivity contribution is -0.137. The van der Waals surface area contributed by atoms with Gasteiger partial charge in [-0.25, -0.2) is 0 Å². The van der Waals surface area contributed by atoms with Crippen LogP contribution < -0.4 is 10.1 Å². The molecule has 1 aliphatic rings. The summed E-state index contributed by atoms with van der Waals surface area (Å²) >= 11 is 9.29. The number of methoxy groups -OCH3 is 1. The van der Waals surface area contributed by atoms with Gasteiger partial charge in [0.2, 0.25) is 0 Å². The van der Waals surface area contributed by atoms with E-state index in [4.69, 9.17) is 16.3 Å². The molecule has 1 aliphatic heterocycles. The van der Waals surface area contributed by atoms with E-state index in [0.717, 1.165) is 29.2 Å². The monoisotopic (exact) mass is 462 g/mol. The molecule has 8 heteroatoms. The van der Waals surface area contributed by atoms with Crippen molar-refractivity contribution >= 4 is 27.5 Å². The van der Waals surface area contributed by atoms with Gasteiger partial charge in [-0.1, -0.05) is 33.6 Å². The highest BCUT2D eigenvalue weighted by Gasteiger charge is 2.35. The molecule has 1 unspecified atom stereocenters. The third-order valence-electron chi connectivity index (χ3n) is 4.61. The highest BCUT2D eigenvalue weighted by atomic mass is 79.9. The van der Waals surface area contributed by atoms with Crippen molar-refractivity contribution in [1.82, 2.24) is 10.2 Å². The average molecular weight is 464 g/mol. The minimum Gasteiger partial charge on any atom is -0.496 e. The van der Waals surface area contributed by atoms with Crippen LogP contribution in [-0.4, -0.2) is 38.2 Å². The van der Waals surface area contributed by atoms with E-state index in [2.05, 4.69) is 26.1 Å². The van der Waals surface area contributed by atoms with Crippen molar-refractivity contribution in [2.45, 2.75) is 12.2 Å². The number of halogens is 5. The molecule has 3 nitrogen and oxygen atoms in total. The largest absolute Gasteiger partial charge is 0.496 e. The first-order valence-electron chi connectivity index (χ1n) is 8.46. The highest BCUT2D eigenvalue weighted by Crippen LogP contribution is 2.41. The number of nitrogens with one attached hydrogen (secondary N) is 1. The third-order valence-corrected chi connectivity index (χ3v) is 5.44. The quantitative estimate of drug-likeness (QED) is 0.681. The molecule has 2 aromatic carbocycles. The summed E-state index contributed by atoms with van der Waals surface area (Å²) in [5.41, 5.74) is 0.519. The van der Waals surface area contributed by atoms with Crippen LogP contribution in [0.5, 0.6) is 5.75 Å². The number of alkyl halides is 3. The highest BCUT2D eigenvalue weighted by molar-refractivity contribution is 9.10. The summed E-state index contributed by atoms with van der Waals surface area (Å²) in [6.45, 7) is 2.97. The Kier molecular flexibility index (Phi) is 6.35. The van der Waals surface area contributed by atoms with E-state index in [1.807, 2.05) is 18.2 Å². The Labute approximate surface area is 169 Å². The van der Waals surface area contributed by atoms with E-state index >= 15 is 0 Å². The second kappa shape index (κ2) is 8.39. The van der Waals surface area contributed by atoms with Gasteiger partial charge in [0.15, 0.2) is 0 Å². The molecule has 0 amide bonds. The van der Waals surface area contributed by atoms with Crippen LogP contribution in [0, 0.1) is 0 Å². The van der Waals surface area contributed by atoms with Crippen molar-refractivity contribution in [3.8, 4) is 5.75 Å². The van der Waals surface area contributed by atoms with E-state index in [1.165, 1.54) is 6.07 Å². The molecule has 1 heterocycles. The molecule has 1 N–H and O–H groups in total. The van der Waals surface area contributed by atoms with Crippen LogP contribution in [-0.2, 0) is 6.18 Å². The maximum Gasteiger partial charge on any atom is 0.417 e. The van der Waals surface area contributed by atoms with Gasteiger partial charge < -0.3 is 10.1 Å². The summed E-state index contributed by atoms with van der Waals surface area (Å²) in [6, 6.07) is 9.31. The second-order valence-electron chi connectivity index (χ2n) is 6.31. The van der Waals surface area contributed by atoms with Crippen molar-refractivity contribution in [2.75, 3.05) is 33.3 Å². The van der Waals surface area contributed by atoms with Crippen molar-refractivity contribution in [2.24, 2.45) is 0 Å². The Bertz CT molecular complexity index is 810. The number of hydrogen-bond acceptors (Lipinski definition) is 3. The Hall–Kier alpha value is -1.28. The predicted octanol–water partition coefficient (Wildman–Crippen LogP) is 5.12. The van der Waals surface area contributed by atoms with Gasteiger partial charge in [0.25, 0.3) is 0 Å². The normalized spacial score (nSPS) is 17.0. The summed E-state index contributed by atoms with van der Waals surface area (Å²) in [4.78, 5) is 2.16. The Balaban J connectivity index is 2.15. The van der Waals surface area contributed by atoms with Crippen LogP contribution in [0.3, 0.4) is 0 Å². The smallest absolute Gasteiger partial charge is 0.417 e. The second-order valence-corrected chi connectivity index (χ2v) is 7.63. The first-order valence-corrected chi connectivity index (χ1v) is 9.63.